The van der Waals surface area contributed by atoms with Gasteiger partial charge in [0.25, 0.3) is 0 Å². The maximum atomic E-state index is 11.3. The highest BCUT2D eigenvalue weighted by Gasteiger charge is 2.41. The molecule has 0 spiro atoms. The molecule has 0 radical (unpaired) electrons. The van der Waals surface area contributed by atoms with Crippen LogP contribution in [0, 0.1) is 0 Å². The fourth-order valence-electron chi connectivity index (χ4n) is 2.93. The second kappa shape index (κ2) is 5.02. The molecule has 0 saturated carbocycles. The van der Waals surface area contributed by atoms with Gasteiger partial charge in [-0.3, -0.25) is 9.69 Å². The number of carbonyl (C=O) groups is 1. The Morgan fingerprint density at radius 1 is 1.50 bits per heavy atom. The van der Waals surface area contributed by atoms with Crippen LogP contribution in [-0.2, 0) is 9.53 Å². The van der Waals surface area contributed by atoms with Crippen molar-refractivity contribution in [3.8, 4) is 0 Å². The van der Waals surface area contributed by atoms with Gasteiger partial charge in [-0.15, -0.1) is 0 Å². The van der Waals surface area contributed by atoms with Crippen molar-refractivity contribution in [2.24, 2.45) is 0 Å². The highest BCUT2D eigenvalue weighted by atomic mass is 79.9. The number of aliphatic hydroxyl groups excluding tert-OH is 1. The number of aliphatic hydroxyl groups is 1. The maximum absolute atomic E-state index is 11.3. The predicted molar refractivity (Wildman–Crippen MR) is 63.5 cm³/mol. The van der Waals surface area contributed by atoms with Crippen LogP contribution in [-0.4, -0.2) is 52.6 Å². The van der Waals surface area contributed by atoms with Gasteiger partial charge in [-0.25, -0.2) is 0 Å². The third-order valence-corrected chi connectivity index (χ3v) is 4.35. The van der Waals surface area contributed by atoms with E-state index in [1.54, 1.807) is 0 Å². The molecular weight excluding hydrogens is 274 g/mol. The number of esters is 1. The van der Waals surface area contributed by atoms with Gasteiger partial charge in [0.15, 0.2) is 0 Å². The molecule has 4 nitrogen and oxygen atoms in total. The van der Waals surface area contributed by atoms with Crippen LogP contribution in [0.1, 0.15) is 25.7 Å². The minimum Gasteiger partial charge on any atom is -0.468 e. The lowest BCUT2D eigenvalue weighted by atomic mass is 10.00. The number of halogens is 1. The zero-order valence-corrected chi connectivity index (χ0v) is 11.0. The van der Waals surface area contributed by atoms with Crippen LogP contribution in [0.2, 0.25) is 0 Å². The third kappa shape index (κ3) is 2.41. The molecule has 3 unspecified atom stereocenters. The van der Waals surface area contributed by atoms with Gasteiger partial charge in [0.05, 0.1) is 13.2 Å². The highest BCUT2D eigenvalue weighted by molar-refractivity contribution is 9.10. The Morgan fingerprint density at radius 2 is 2.06 bits per heavy atom. The minimum atomic E-state index is -0.254. The Hall–Kier alpha value is -0.130. The average molecular weight is 292 g/mol. The molecular formula is C11H18BrNO3. The molecule has 2 bridgehead atoms. The molecule has 2 saturated heterocycles. The summed E-state index contributed by atoms with van der Waals surface area (Å²) in [5, 5.41) is 9.67. The lowest BCUT2D eigenvalue weighted by Crippen LogP contribution is -2.48. The molecule has 0 aromatic heterocycles. The first-order valence-electron chi connectivity index (χ1n) is 5.77. The molecule has 5 heteroatoms. The molecule has 92 valence electrons. The van der Waals surface area contributed by atoms with Crippen molar-refractivity contribution in [3.63, 3.8) is 0 Å². The summed E-state index contributed by atoms with van der Waals surface area (Å²) in [5.74, 6) is -0.217. The Morgan fingerprint density at radius 3 is 2.56 bits per heavy atom. The number of piperidine rings is 1. The lowest BCUT2D eigenvalue weighted by Gasteiger charge is -2.37. The molecule has 2 aliphatic rings. The molecule has 2 aliphatic heterocycles. The van der Waals surface area contributed by atoms with Crippen LogP contribution in [0.5, 0.6) is 0 Å². The summed E-state index contributed by atoms with van der Waals surface area (Å²) in [4.78, 5) is 13.4. The largest absolute Gasteiger partial charge is 0.468 e. The van der Waals surface area contributed by atoms with E-state index < -0.39 is 0 Å². The number of hydrogen-bond acceptors (Lipinski definition) is 4. The van der Waals surface area contributed by atoms with Gasteiger partial charge in [0, 0.05) is 18.6 Å². The van der Waals surface area contributed by atoms with E-state index in [0.29, 0.717) is 18.6 Å². The minimum absolute atomic E-state index is 0.152. The van der Waals surface area contributed by atoms with E-state index in [1.807, 2.05) is 0 Å². The summed E-state index contributed by atoms with van der Waals surface area (Å²) in [6, 6.07) is 0.886. The molecule has 0 aliphatic carbocycles. The van der Waals surface area contributed by atoms with E-state index in [9.17, 15) is 9.90 Å². The number of nitrogens with zero attached hydrogens (tertiary/aromatic N) is 1. The van der Waals surface area contributed by atoms with Crippen molar-refractivity contribution < 1.29 is 14.6 Å². The van der Waals surface area contributed by atoms with Gasteiger partial charge >= 0.3 is 5.97 Å². The van der Waals surface area contributed by atoms with E-state index >= 15 is 0 Å². The van der Waals surface area contributed by atoms with Crippen LogP contribution < -0.4 is 0 Å². The number of hydrogen-bond donors (Lipinski definition) is 1. The van der Waals surface area contributed by atoms with Crippen molar-refractivity contribution in [2.45, 2.75) is 48.7 Å². The van der Waals surface area contributed by atoms with Gasteiger partial charge in [-0.05, 0) is 25.7 Å². The molecule has 1 N–H and O–H groups in total. The smallest absolute Gasteiger partial charge is 0.320 e. The number of ether oxygens (including phenoxy) is 1. The van der Waals surface area contributed by atoms with Gasteiger partial charge in [-0.2, -0.15) is 0 Å². The Kier molecular flexibility index (Phi) is 3.87. The van der Waals surface area contributed by atoms with E-state index in [2.05, 4.69) is 20.8 Å². The standard InChI is InChI=1S/C11H18BrNO3/c1-16-11(15)10(12)6-13-7-2-3-8(13)5-9(14)4-7/h7-10,14H,2-6H2,1H3. The first-order chi connectivity index (χ1) is 7.61. The molecule has 2 fully saturated rings. The molecule has 3 atom stereocenters. The average Bonchev–Trinajstić information content (AvgIpc) is 2.51. The second-order valence-electron chi connectivity index (χ2n) is 4.70. The predicted octanol–water partition coefficient (Wildman–Crippen LogP) is 0.911. The summed E-state index contributed by atoms with van der Waals surface area (Å²) >= 11 is 3.36. The number of carbonyl (C=O) groups excluding carboxylic acids is 1. The van der Waals surface area contributed by atoms with E-state index in [0.717, 1.165) is 25.7 Å². The number of alkyl halides is 1. The van der Waals surface area contributed by atoms with Crippen LogP contribution in [0.25, 0.3) is 0 Å². The summed E-state index contributed by atoms with van der Waals surface area (Å²) in [6.45, 7) is 0.689. The van der Waals surface area contributed by atoms with E-state index in [1.165, 1.54) is 7.11 Å². The quantitative estimate of drug-likeness (QED) is 0.620. The van der Waals surface area contributed by atoms with Gasteiger partial charge in [0.1, 0.15) is 4.83 Å². The number of fused-ring (bicyclic) bond motifs is 2. The van der Waals surface area contributed by atoms with Crippen molar-refractivity contribution >= 4 is 21.9 Å². The Bertz CT molecular complexity index is 260. The van der Waals surface area contributed by atoms with Crippen LogP contribution in [0.3, 0.4) is 0 Å². The van der Waals surface area contributed by atoms with Crippen molar-refractivity contribution in [1.82, 2.24) is 4.90 Å². The number of rotatable bonds is 3. The summed E-state index contributed by atoms with van der Waals surface area (Å²) in [5.41, 5.74) is 0. The zero-order valence-electron chi connectivity index (χ0n) is 9.43. The van der Waals surface area contributed by atoms with Crippen LogP contribution in [0.15, 0.2) is 0 Å². The summed E-state index contributed by atoms with van der Waals surface area (Å²) in [7, 11) is 1.41. The molecule has 16 heavy (non-hydrogen) atoms. The van der Waals surface area contributed by atoms with E-state index in [-0.39, 0.29) is 16.9 Å². The topological polar surface area (TPSA) is 49.8 Å². The lowest BCUT2D eigenvalue weighted by molar-refractivity contribution is -0.140. The van der Waals surface area contributed by atoms with Crippen LogP contribution in [0.4, 0.5) is 0 Å². The normalized spacial score (nSPS) is 36.1. The SMILES string of the molecule is COC(=O)C(Br)CN1C2CCC1CC(O)C2. The second-order valence-corrected chi connectivity index (χ2v) is 5.80. The zero-order chi connectivity index (χ0) is 11.7. The molecule has 2 rings (SSSR count). The first-order valence-corrected chi connectivity index (χ1v) is 6.69. The van der Waals surface area contributed by atoms with Crippen molar-refractivity contribution in [1.29, 1.82) is 0 Å². The Balaban J connectivity index is 1.93. The Labute approximate surface area is 104 Å². The first kappa shape index (κ1) is 12.3. The van der Waals surface area contributed by atoms with Gasteiger partial charge in [-0.1, -0.05) is 15.9 Å². The molecule has 2 heterocycles. The van der Waals surface area contributed by atoms with Crippen molar-refractivity contribution in [2.75, 3.05) is 13.7 Å². The number of methoxy groups -OCH3 is 1. The monoisotopic (exact) mass is 291 g/mol. The van der Waals surface area contributed by atoms with E-state index in [4.69, 9.17) is 4.74 Å². The van der Waals surface area contributed by atoms with Gasteiger partial charge < -0.3 is 9.84 Å². The van der Waals surface area contributed by atoms with Crippen LogP contribution >= 0.6 is 15.9 Å². The third-order valence-electron chi connectivity index (χ3n) is 3.69. The van der Waals surface area contributed by atoms with Gasteiger partial charge in [0.2, 0.25) is 0 Å². The molecule has 0 amide bonds. The fourth-order valence-corrected chi connectivity index (χ4v) is 3.45. The molecule has 0 aromatic carbocycles. The summed E-state index contributed by atoms with van der Waals surface area (Å²) in [6.07, 6.45) is 3.82. The fraction of sp³-hybridized carbons (Fsp3) is 0.909. The highest BCUT2D eigenvalue weighted by Crippen LogP contribution is 2.36. The molecule has 0 aromatic rings. The summed E-state index contributed by atoms with van der Waals surface area (Å²) < 4.78 is 4.70. The van der Waals surface area contributed by atoms with Crippen molar-refractivity contribution in [3.05, 3.63) is 0 Å². The maximum Gasteiger partial charge on any atom is 0.320 e.